The Bertz CT molecular complexity index is 491. The van der Waals surface area contributed by atoms with E-state index in [9.17, 15) is 13.2 Å². The number of nitrogens with one attached hydrogen (secondary N) is 1. The molecular formula is C8H6F3N3S. The summed E-state index contributed by atoms with van der Waals surface area (Å²) in [5, 5.41) is 1.76. The number of anilines is 2. The third-order valence-corrected chi connectivity index (χ3v) is 2.54. The maximum Gasteiger partial charge on any atom is 0.482 e. The number of benzene rings is 1. The SMILES string of the molecule is Nc1nc2ccc(NC(F)(F)F)cc2s1. The average Bonchev–Trinajstić information content (AvgIpc) is 2.40. The van der Waals surface area contributed by atoms with Crippen LogP contribution in [0.25, 0.3) is 10.2 Å². The molecule has 1 aromatic heterocycles. The van der Waals surface area contributed by atoms with Gasteiger partial charge in [0, 0.05) is 5.69 Å². The van der Waals surface area contributed by atoms with Crippen LogP contribution in [0.3, 0.4) is 0 Å². The second-order valence-electron chi connectivity index (χ2n) is 2.86. The molecule has 0 atom stereocenters. The lowest BCUT2D eigenvalue weighted by Crippen LogP contribution is -2.20. The third kappa shape index (κ3) is 2.30. The van der Waals surface area contributed by atoms with E-state index in [0.717, 1.165) is 11.3 Å². The molecule has 0 amide bonds. The van der Waals surface area contributed by atoms with Gasteiger partial charge in [0.1, 0.15) is 0 Å². The molecule has 7 heteroatoms. The fourth-order valence-electron chi connectivity index (χ4n) is 1.18. The van der Waals surface area contributed by atoms with Crippen molar-refractivity contribution in [2.75, 3.05) is 11.1 Å². The Morgan fingerprint density at radius 1 is 1.33 bits per heavy atom. The number of nitrogens with two attached hydrogens (primary N) is 1. The molecule has 0 unspecified atom stereocenters. The fourth-order valence-corrected chi connectivity index (χ4v) is 1.96. The number of nitrogens with zero attached hydrogens (tertiary/aromatic N) is 1. The molecule has 3 nitrogen and oxygen atoms in total. The molecule has 0 radical (unpaired) electrons. The summed E-state index contributed by atoms with van der Waals surface area (Å²) in [4.78, 5) is 3.94. The van der Waals surface area contributed by atoms with Crippen LogP contribution in [0.4, 0.5) is 24.0 Å². The van der Waals surface area contributed by atoms with Gasteiger partial charge in [0.25, 0.3) is 0 Å². The second kappa shape index (κ2) is 3.27. The lowest BCUT2D eigenvalue weighted by Gasteiger charge is -2.08. The van der Waals surface area contributed by atoms with E-state index in [1.54, 1.807) is 0 Å². The van der Waals surface area contributed by atoms with Crippen molar-refractivity contribution in [2.24, 2.45) is 0 Å². The highest BCUT2D eigenvalue weighted by atomic mass is 32.1. The molecule has 0 aliphatic rings. The smallest absolute Gasteiger partial charge is 0.375 e. The van der Waals surface area contributed by atoms with Gasteiger partial charge in [0.15, 0.2) is 5.13 Å². The van der Waals surface area contributed by atoms with Crippen LogP contribution in [0, 0.1) is 0 Å². The molecule has 0 aliphatic carbocycles. The van der Waals surface area contributed by atoms with Crippen molar-refractivity contribution in [1.82, 2.24) is 4.98 Å². The summed E-state index contributed by atoms with van der Waals surface area (Å²) >= 11 is 1.15. The number of halogens is 3. The molecule has 0 fully saturated rings. The lowest BCUT2D eigenvalue weighted by molar-refractivity contribution is -0.0999. The molecule has 2 aromatic rings. The average molecular weight is 233 g/mol. The fraction of sp³-hybridized carbons (Fsp3) is 0.125. The van der Waals surface area contributed by atoms with Gasteiger partial charge in [-0.2, -0.15) is 13.2 Å². The van der Waals surface area contributed by atoms with E-state index in [-0.39, 0.29) is 5.69 Å². The monoisotopic (exact) mass is 233 g/mol. The van der Waals surface area contributed by atoms with Gasteiger partial charge in [0.2, 0.25) is 0 Å². The molecule has 3 N–H and O–H groups in total. The van der Waals surface area contributed by atoms with Crippen LogP contribution in [-0.2, 0) is 0 Å². The molecule has 15 heavy (non-hydrogen) atoms. The van der Waals surface area contributed by atoms with Crippen LogP contribution in [0.15, 0.2) is 18.2 Å². The highest BCUT2D eigenvalue weighted by molar-refractivity contribution is 7.22. The van der Waals surface area contributed by atoms with Crippen LogP contribution in [-0.4, -0.2) is 11.3 Å². The Labute approximate surface area is 86.7 Å². The minimum absolute atomic E-state index is 0.0151. The van der Waals surface area contributed by atoms with E-state index in [2.05, 4.69) is 4.98 Å². The Morgan fingerprint density at radius 2 is 2.07 bits per heavy atom. The number of thiazole rings is 1. The van der Waals surface area contributed by atoms with Gasteiger partial charge in [-0.1, -0.05) is 11.3 Å². The first kappa shape index (κ1) is 10.0. The van der Waals surface area contributed by atoms with Crippen molar-refractivity contribution in [3.8, 4) is 0 Å². The van der Waals surface area contributed by atoms with E-state index in [1.165, 1.54) is 23.5 Å². The van der Waals surface area contributed by atoms with Crippen molar-refractivity contribution in [1.29, 1.82) is 0 Å². The summed E-state index contributed by atoms with van der Waals surface area (Å²) in [6, 6.07) is 4.18. The highest BCUT2D eigenvalue weighted by Gasteiger charge is 2.27. The van der Waals surface area contributed by atoms with E-state index < -0.39 is 6.30 Å². The summed E-state index contributed by atoms with van der Waals surface area (Å²) in [5.41, 5.74) is 6.02. The Balaban J connectivity index is 2.38. The minimum atomic E-state index is -4.43. The minimum Gasteiger partial charge on any atom is -0.375 e. The summed E-state index contributed by atoms with van der Waals surface area (Å²) in [7, 11) is 0. The largest absolute Gasteiger partial charge is 0.482 e. The van der Waals surface area contributed by atoms with Crippen LogP contribution in [0.1, 0.15) is 0 Å². The van der Waals surface area contributed by atoms with E-state index in [4.69, 9.17) is 5.73 Å². The quantitative estimate of drug-likeness (QED) is 0.744. The Hall–Kier alpha value is -1.50. The molecular weight excluding hydrogens is 227 g/mol. The van der Waals surface area contributed by atoms with E-state index in [0.29, 0.717) is 15.3 Å². The second-order valence-corrected chi connectivity index (χ2v) is 3.92. The Kier molecular flexibility index (Phi) is 2.18. The van der Waals surface area contributed by atoms with Crippen molar-refractivity contribution >= 4 is 32.4 Å². The Morgan fingerprint density at radius 3 is 2.73 bits per heavy atom. The van der Waals surface area contributed by atoms with Crippen molar-refractivity contribution < 1.29 is 13.2 Å². The third-order valence-electron chi connectivity index (χ3n) is 1.69. The number of hydrogen-bond donors (Lipinski definition) is 2. The standard InChI is InChI=1S/C8H6F3N3S/c9-8(10,11)14-4-1-2-5-6(3-4)15-7(12)13-5/h1-3,14H,(H2,12,13). The number of fused-ring (bicyclic) bond motifs is 1. The molecule has 0 spiro atoms. The van der Waals surface area contributed by atoms with Gasteiger partial charge in [-0.15, -0.1) is 0 Å². The lowest BCUT2D eigenvalue weighted by atomic mass is 10.3. The van der Waals surface area contributed by atoms with E-state index in [1.807, 2.05) is 0 Å². The number of alkyl halides is 3. The molecule has 1 aromatic carbocycles. The van der Waals surface area contributed by atoms with E-state index >= 15 is 0 Å². The van der Waals surface area contributed by atoms with Gasteiger partial charge in [-0.05, 0) is 18.2 Å². The first-order valence-corrected chi connectivity index (χ1v) is 4.77. The zero-order valence-electron chi connectivity index (χ0n) is 7.30. The van der Waals surface area contributed by atoms with Crippen molar-refractivity contribution in [2.45, 2.75) is 6.30 Å². The zero-order chi connectivity index (χ0) is 11.1. The molecule has 0 aliphatic heterocycles. The molecule has 2 rings (SSSR count). The maximum absolute atomic E-state index is 12.0. The number of hydrogen-bond acceptors (Lipinski definition) is 4. The van der Waals surface area contributed by atoms with Crippen molar-refractivity contribution in [3.05, 3.63) is 18.2 Å². The zero-order valence-corrected chi connectivity index (χ0v) is 8.12. The predicted molar refractivity (Wildman–Crippen MR) is 53.7 cm³/mol. The number of rotatable bonds is 1. The summed E-state index contributed by atoms with van der Waals surface area (Å²) in [6.07, 6.45) is -4.43. The van der Waals surface area contributed by atoms with Gasteiger partial charge < -0.3 is 5.73 Å². The van der Waals surface area contributed by atoms with Gasteiger partial charge >= 0.3 is 6.30 Å². The first-order chi connectivity index (χ1) is 6.94. The van der Waals surface area contributed by atoms with Crippen LogP contribution >= 0.6 is 11.3 Å². The van der Waals surface area contributed by atoms with Gasteiger partial charge in [0.05, 0.1) is 10.2 Å². The molecule has 80 valence electrons. The summed E-state index contributed by atoms with van der Waals surface area (Å²) < 4.78 is 36.6. The molecule has 0 saturated heterocycles. The van der Waals surface area contributed by atoms with Crippen LogP contribution in [0.5, 0.6) is 0 Å². The maximum atomic E-state index is 12.0. The van der Waals surface area contributed by atoms with Crippen molar-refractivity contribution in [3.63, 3.8) is 0 Å². The van der Waals surface area contributed by atoms with Crippen LogP contribution < -0.4 is 11.1 Å². The normalized spacial score (nSPS) is 11.9. The van der Waals surface area contributed by atoms with Gasteiger partial charge in [-0.3, -0.25) is 5.32 Å². The van der Waals surface area contributed by atoms with Gasteiger partial charge in [-0.25, -0.2) is 4.98 Å². The molecule has 0 bridgehead atoms. The number of nitrogen functional groups attached to an aromatic ring is 1. The molecule has 1 heterocycles. The number of aromatic nitrogens is 1. The topological polar surface area (TPSA) is 50.9 Å². The predicted octanol–water partition coefficient (Wildman–Crippen LogP) is 2.81. The summed E-state index contributed by atoms with van der Waals surface area (Å²) in [6.45, 7) is 0. The first-order valence-electron chi connectivity index (χ1n) is 3.95. The summed E-state index contributed by atoms with van der Waals surface area (Å²) in [5.74, 6) is 0. The molecule has 0 saturated carbocycles. The highest BCUT2D eigenvalue weighted by Crippen LogP contribution is 2.28. The van der Waals surface area contributed by atoms with Crippen LogP contribution in [0.2, 0.25) is 0 Å².